The Morgan fingerprint density at radius 1 is 1.18 bits per heavy atom. The average Bonchev–Trinajstić information content (AvgIpc) is 3.28. The van der Waals surface area contributed by atoms with E-state index in [4.69, 9.17) is 11.6 Å². The third-order valence-electron chi connectivity index (χ3n) is 5.22. The number of halogens is 2. The van der Waals surface area contributed by atoms with E-state index in [2.05, 4.69) is 25.8 Å². The van der Waals surface area contributed by atoms with E-state index in [1.807, 2.05) is 31.2 Å². The molecule has 142 valence electrons. The second kappa shape index (κ2) is 6.29. The molecule has 3 heterocycles. The van der Waals surface area contributed by atoms with Crippen LogP contribution in [-0.4, -0.2) is 30.3 Å². The van der Waals surface area contributed by atoms with Crippen LogP contribution in [0, 0.1) is 12.7 Å². The number of rotatable bonds is 2. The van der Waals surface area contributed by atoms with Gasteiger partial charge in [-0.3, -0.25) is 5.10 Å². The van der Waals surface area contributed by atoms with E-state index in [9.17, 15) is 9.50 Å². The van der Waals surface area contributed by atoms with Crippen LogP contribution in [0.15, 0.2) is 42.5 Å². The number of aromatic amines is 1. The highest BCUT2D eigenvalue weighted by Crippen LogP contribution is 2.48. The van der Waals surface area contributed by atoms with Crippen molar-refractivity contribution in [2.75, 3.05) is 5.32 Å². The number of anilines is 1. The van der Waals surface area contributed by atoms with Crippen LogP contribution in [-0.2, 0) is 0 Å². The molecule has 7 nitrogen and oxygen atoms in total. The number of nitrogens with one attached hydrogen (secondary N) is 2. The Balaban J connectivity index is 1.74. The highest BCUT2D eigenvalue weighted by molar-refractivity contribution is 6.31. The third-order valence-corrected chi connectivity index (χ3v) is 5.62. The molecule has 1 aliphatic heterocycles. The van der Waals surface area contributed by atoms with Crippen LogP contribution in [0.25, 0.3) is 11.0 Å². The second-order valence-corrected chi connectivity index (χ2v) is 7.21. The van der Waals surface area contributed by atoms with Crippen LogP contribution in [0.5, 0.6) is 0 Å². The van der Waals surface area contributed by atoms with E-state index in [1.54, 1.807) is 16.8 Å². The number of aliphatic hydroxyl groups is 1. The zero-order chi connectivity index (χ0) is 19.4. The van der Waals surface area contributed by atoms with E-state index in [0.717, 1.165) is 11.2 Å². The fourth-order valence-corrected chi connectivity index (χ4v) is 4.14. The molecule has 0 saturated carbocycles. The fraction of sp³-hybridized carbons (Fsp3) is 0.211. The minimum Gasteiger partial charge on any atom is -0.386 e. The van der Waals surface area contributed by atoms with Crippen LogP contribution < -0.4 is 5.32 Å². The molecule has 1 aliphatic rings. The summed E-state index contributed by atoms with van der Waals surface area (Å²) in [6, 6.07) is 10.9. The molecular weight excluding hydrogens is 383 g/mol. The van der Waals surface area contributed by atoms with E-state index >= 15 is 0 Å². The van der Waals surface area contributed by atoms with Crippen molar-refractivity contribution in [2.24, 2.45) is 0 Å². The van der Waals surface area contributed by atoms with Crippen molar-refractivity contribution >= 4 is 28.5 Å². The number of benzene rings is 2. The number of aliphatic hydroxyl groups excluding tert-OH is 1. The first-order chi connectivity index (χ1) is 13.6. The molecule has 0 unspecified atom stereocenters. The normalized spacial score (nSPS) is 21.5. The molecular formula is C19H16ClFN6O. The van der Waals surface area contributed by atoms with Crippen LogP contribution in [0.2, 0.25) is 5.02 Å². The van der Waals surface area contributed by atoms with Crippen LogP contribution in [0.3, 0.4) is 0 Å². The zero-order valence-electron chi connectivity index (χ0n) is 14.8. The summed E-state index contributed by atoms with van der Waals surface area (Å²) in [5.74, 6) is -0.0161. The number of nitrogens with zero attached hydrogens (tertiary/aromatic N) is 4. The lowest BCUT2D eigenvalue weighted by atomic mass is 9.87. The van der Waals surface area contributed by atoms with Gasteiger partial charge in [-0.25, -0.2) is 9.07 Å². The van der Waals surface area contributed by atoms with Crippen LogP contribution >= 0.6 is 11.6 Å². The Kier molecular flexibility index (Phi) is 3.85. The quantitative estimate of drug-likeness (QED) is 0.479. The van der Waals surface area contributed by atoms with E-state index in [-0.39, 0.29) is 5.02 Å². The van der Waals surface area contributed by atoms with Crippen molar-refractivity contribution in [2.45, 2.75) is 25.1 Å². The summed E-state index contributed by atoms with van der Waals surface area (Å²) < 4.78 is 15.8. The molecule has 2 aromatic heterocycles. The minimum atomic E-state index is -0.954. The Labute approximate surface area is 164 Å². The van der Waals surface area contributed by atoms with Gasteiger partial charge in [-0.1, -0.05) is 41.1 Å². The monoisotopic (exact) mass is 398 g/mol. The fourth-order valence-electron chi connectivity index (χ4n) is 3.90. The molecule has 0 radical (unpaired) electrons. The lowest BCUT2D eigenvalue weighted by molar-refractivity contribution is 0.0901. The Hall–Kier alpha value is -2.97. The number of aryl methyl sites for hydroxylation is 1. The molecule has 0 aliphatic carbocycles. The van der Waals surface area contributed by atoms with Gasteiger partial charge in [-0.2, -0.15) is 5.10 Å². The Morgan fingerprint density at radius 2 is 2.00 bits per heavy atom. The van der Waals surface area contributed by atoms with Gasteiger partial charge in [0.1, 0.15) is 23.5 Å². The van der Waals surface area contributed by atoms with Gasteiger partial charge in [0.25, 0.3) is 0 Å². The molecule has 0 saturated heterocycles. The van der Waals surface area contributed by atoms with Gasteiger partial charge in [0.15, 0.2) is 5.82 Å². The lowest BCUT2D eigenvalue weighted by Crippen LogP contribution is -2.34. The van der Waals surface area contributed by atoms with Crippen molar-refractivity contribution in [3.05, 3.63) is 70.1 Å². The molecule has 4 aromatic rings. The van der Waals surface area contributed by atoms with Crippen molar-refractivity contribution in [3.8, 4) is 0 Å². The SMILES string of the molecule is Cc1[nH]nc2c1[C@@H](O)[C@H](n1nnc3ccccc31)[C@@H](c1cccc(F)c1Cl)N2. The van der Waals surface area contributed by atoms with E-state index in [1.165, 1.54) is 6.07 Å². The lowest BCUT2D eigenvalue weighted by Gasteiger charge is -2.37. The van der Waals surface area contributed by atoms with Gasteiger partial charge in [-0.05, 0) is 30.7 Å². The Bertz CT molecular complexity index is 1190. The summed E-state index contributed by atoms with van der Waals surface area (Å²) in [6.07, 6.45) is -0.954. The number of fused-ring (bicyclic) bond motifs is 2. The highest BCUT2D eigenvalue weighted by atomic mass is 35.5. The summed E-state index contributed by atoms with van der Waals surface area (Å²) in [6.45, 7) is 1.84. The predicted octanol–water partition coefficient (Wildman–Crippen LogP) is 3.70. The Morgan fingerprint density at radius 3 is 2.86 bits per heavy atom. The average molecular weight is 399 g/mol. The number of aromatic nitrogens is 5. The van der Waals surface area contributed by atoms with Gasteiger partial charge in [-0.15, -0.1) is 5.10 Å². The van der Waals surface area contributed by atoms with Crippen molar-refractivity contribution in [1.29, 1.82) is 0 Å². The minimum absolute atomic E-state index is 0.00247. The maximum absolute atomic E-state index is 14.2. The highest BCUT2D eigenvalue weighted by Gasteiger charge is 2.42. The van der Waals surface area contributed by atoms with Crippen molar-refractivity contribution in [3.63, 3.8) is 0 Å². The summed E-state index contributed by atoms with van der Waals surface area (Å²) >= 11 is 6.28. The first kappa shape index (κ1) is 17.2. The van der Waals surface area contributed by atoms with Crippen LogP contribution in [0.4, 0.5) is 10.2 Å². The van der Waals surface area contributed by atoms with E-state index < -0.39 is 24.0 Å². The third kappa shape index (κ3) is 2.42. The maximum Gasteiger partial charge on any atom is 0.154 e. The predicted molar refractivity (Wildman–Crippen MR) is 103 cm³/mol. The smallest absolute Gasteiger partial charge is 0.154 e. The molecule has 3 N–H and O–H groups in total. The van der Waals surface area contributed by atoms with Crippen LogP contribution in [0.1, 0.15) is 35.0 Å². The number of H-pyrrole nitrogens is 1. The molecule has 9 heteroatoms. The number of hydrogen-bond acceptors (Lipinski definition) is 5. The molecule has 5 rings (SSSR count). The van der Waals surface area contributed by atoms with Gasteiger partial charge in [0.2, 0.25) is 0 Å². The zero-order valence-corrected chi connectivity index (χ0v) is 15.5. The largest absolute Gasteiger partial charge is 0.386 e. The van der Waals surface area contributed by atoms with E-state index in [0.29, 0.717) is 22.5 Å². The molecule has 0 amide bonds. The van der Waals surface area contributed by atoms with Gasteiger partial charge in [0, 0.05) is 11.3 Å². The summed E-state index contributed by atoms with van der Waals surface area (Å²) in [4.78, 5) is 0. The molecule has 0 spiro atoms. The number of hydrogen-bond donors (Lipinski definition) is 3. The standard InChI is InChI=1S/C19H16ClFN6O/c1-9-14-18(28)17(27-13-8-3-2-7-12(13)24-26-27)16(22-19(14)25-23-9)10-5-4-6-11(21)15(10)20/h2-8,16-18,28H,1H3,(H2,22,23,25)/t16-,17-,18-/m1/s1. The number of para-hydroxylation sites is 1. The maximum atomic E-state index is 14.2. The molecule has 2 aromatic carbocycles. The topological polar surface area (TPSA) is 91.6 Å². The first-order valence-corrected chi connectivity index (χ1v) is 9.17. The van der Waals surface area contributed by atoms with Crippen molar-refractivity contribution < 1.29 is 9.50 Å². The van der Waals surface area contributed by atoms with Gasteiger partial charge >= 0.3 is 0 Å². The summed E-state index contributed by atoms with van der Waals surface area (Å²) in [7, 11) is 0. The molecule has 3 atom stereocenters. The molecule has 28 heavy (non-hydrogen) atoms. The second-order valence-electron chi connectivity index (χ2n) is 6.83. The molecule has 0 fully saturated rings. The van der Waals surface area contributed by atoms with Crippen molar-refractivity contribution in [1.82, 2.24) is 25.2 Å². The summed E-state index contributed by atoms with van der Waals surface area (Å²) in [5, 5.41) is 30.2. The molecule has 0 bridgehead atoms. The van der Waals surface area contributed by atoms with Gasteiger partial charge < -0.3 is 10.4 Å². The summed E-state index contributed by atoms with van der Waals surface area (Å²) in [5.41, 5.74) is 3.36. The van der Waals surface area contributed by atoms with Gasteiger partial charge in [0.05, 0.1) is 16.6 Å². The first-order valence-electron chi connectivity index (χ1n) is 8.79.